The number of halogens is 1. The minimum atomic E-state index is 0.481. The molecule has 0 N–H and O–H groups in total. The Bertz CT molecular complexity index is 1010. The highest BCUT2D eigenvalue weighted by molar-refractivity contribution is 14.1. The molecule has 0 amide bonds. The number of aromatic nitrogens is 1. The Kier molecular flexibility index (Phi) is 5.38. The third kappa shape index (κ3) is 3.12. The molecule has 0 spiro atoms. The summed E-state index contributed by atoms with van der Waals surface area (Å²) in [4.78, 5) is 7.90. The van der Waals surface area contributed by atoms with Crippen LogP contribution in [0.25, 0.3) is 22.2 Å². The highest BCUT2D eigenvalue weighted by atomic mass is 127. The number of benzene rings is 2. The Labute approximate surface area is 182 Å². The molecule has 3 heteroatoms. The topological polar surface area (TPSA) is 16.1 Å². The van der Waals surface area contributed by atoms with Crippen LogP contribution in [0.3, 0.4) is 0 Å². The predicted octanol–water partition coefficient (Wildman–Crippen LogP) is 7.14. The molecule has 0 bridgehead atoms. The zero-order chi connectivity index (χ0) is 20.0. The van der Waals surface area contributed by atoms with Gasteiger partial charge in [-0.25, -0.2) is 4.98 Å². The molecule has 2 heterocycles. The van der Waals surface area contributed by atoms with Crippen molar-refractivity contribution in [2.75, 3.05) is 4.90 Å². The molecule has 0 saturated carbocycles. The summed E-state index contributed by atoms with van der Waals surface area (Å²) in [7, 11) is 0. The van der Waals surface area contributed by atoms with Gasteiger partial charge in [0.1, 0.15) is 0 Å². The van der Waals surface area contributed by atoms with Crippen molar-refractivity contribution >= 4 is 39.2 Å². The molecule has 2 nitrogen and oxygen atoms in total. The first-order valence-electron chi connectivity index (χ1n) is 10.4. The smallest absolute Gasteiger partial charge is 0.0854 e. The lowest BCUT2D eigenvalue weighted by Gasteiger charge is -2.33. The van der Waals surface area contributed by atoms with Gasteiger partial charge in [0.25, 0.3) is 0 Å². The van der Waals surface area contributed by atoms with E-state index in [9.17, 15) is 0 Å². The van der Waals surface area contributed by atoms with Gasteiger partial charge in [-0.15, -0.1) is 0 Å². The Morgan fingerprint density at radius 3 is 2.36 bits per heavy atom. The van der Waals surface area contributed by atoms with Crippen molar-refractivity contribution < 1.29 is 0 Å². The predicted molar refractivity (Wildman–Crippen MR) is 130 cm³/mol. The molecule has 2 aromatic carbocycles. The lowest BCUT2D eigenvalue weighted by atomic mass is 9.92. The molecule has 1 aliphatic heterocycles. The standard InChI is InChI=1S/C25H29IN2/c1-6-18(7-2)28-22(26)14-20-24(23-16(4)12-15(3)13-17(23)5)27-21-11-9-8-10-19(21)25(20)28/h8-13,18,22H,6-7,14H2,1-5H3. The van der Waals surface area contributed by atoms with Crippen LogP contribution in [0.15, 0.2) is 36.4 Å². The van der Waals surface area contributed by atoms with E-state index in [1.807, 2.05) is 0 Å². The van der Waals surface area contributed by atoms with Gasteiger partial charge in [-0.2, -0.15) is 0 Å². The van der Waals surface area contributed by atoms with Gasteiger partial charge in [-0.3, -0.25) is 0 Å². The first-order chi connectivity index (χ1) is 13.5. The van der Waals surface area contributed by atoms with Crippen LogP contribution >= 0.6 is 22.6 Å². The van der Waals surface area contributed by atoms with Crippen LogP contribution in [0, 0.1) is 20.8 Å². The summed E-state index contributed by atoms with van der Waals surface area (Å²) in [5.74, 6) is 0. The maximum absolute atomic E-state index is 5.22. The van der Waals surface area contributed by atoms with E-state index in [0.717, 1.165) is 11.9 Å². The third-order valence-electron chi connectivity index (χ3n) is 6.15. The Hall–Kier alpha value is -1.62. The summed E-state index contributed by atoms with van der Waals surface area (Å²) in [6.07, 6.45) is 3.40. The molecular formula is C25H29IN2. The summed E-state index contributed by atoms with van der Waals surface area (Å²) in [6.45, 7) is 11.3. The fourth-order valence-electron chi connectivity index (χ4n) is 4.98. The van der Waals surface area contributed by atoms with E-state index in [1.54, 1.807) is 0 Å². The van der Waals surface area contributed by atoms with Crippen LogP contribution in [0.2, 0.25) is 0 Å². The van der Waals surface area contributed by atoms with Gasteiger partial charge in [0.2, 0.25) is 0 Å². The van der Waals surface area contributed by atoms with Gasteiger partial charge in [-0.05, 0) is 50.8 Å². The Balaban J connectivity index is 2.06. The maximum Gasteiger partial charge on any atom is 0.0854 e. The normalized spacial score (nSPS) is 16.2. The zero-order valence-electron chi connectivity index (χ0n) is 17.5. The number of pyridine rings is 1. The number of hydrogen-bond donors (Lipinski definition) is 0. The molecular weight excluding hydrogens is 455 g/mol. The third-order valence-corrected chi connectivity index (χ3v) is 7.19. The van der Waals surface area contributed by atoms with E-state index in [2.05, 4.69) is 98.5 Å². The molecule has 3 aromatic rings. The second-order valence-electron chi connectivity index (χ2n) is 8.09. The lowest BCUT2D eigenvalue weighted by Crippen LogP contribution is -2.37. The Morgan fingerprint density at radius 1 is 1.07 bits per heavy atom. The van der Waals surface area contributed by atoms with Crippen molar-refractivity contribution in [3.8, 4) is 11.3 Å². The van der Waals surface area contributed by atoms with Crippen LogP contribution in [0.4, 0.5) is 5.69 Å². The highest BCUT2D eigenvalue weighted by Gasteiger charge is 2.35. The first kappa shape index (κ1) is 19.7. The second-order valence-corrected chi connectivity index (χ2v) is 9.53. The summed E-state index contributed by atoms with van der Waals surface area (Å²) >= 11 is 2.64. The van der Waals surface area contributed by atoms with E-state index >= 15 is 0 Å². The van der Waals surface area contributed by atoms with Crippen molar-refractivity contribution in [3.05, 3.63) is 58.7 Å². The molecule has 1 aliphatic rings. The second kappa shape index (κ2) is 7.66. The van der Waals surface area contributed by atoms with E-state index < -0.39 is 0 Å². The van der Waals surface area contributed by atoms with Crippen molar-refractivity contribution in [1.29, 1.82) is 0 Å². The number of nitrogens with zero attached hydrogens (tertiary/aromatic N) is 2. The first-order valence-corrected chi connectivity index (χ1v) is 11.6. The molecule has 146 valence electrons. The average molecular weight is 484 g/mol. The number of fused-ring (bicyclic) bond motifs is 3. The maximum atomic E-state index is 5.22. The van der Waals surface area contributed by atoms with Crippen LogP contribution in [-0.4, -0.2) is 15.1 Å². The summed E-state index contributed by atoms with van der Waals surface area (Å²) < 4.78 is 0.481. The van der Waals surface area contributed by atoms with Crippen LogP contribution < -0.4 is 4.90 Å². The van der Waals surface area contributed by atoms with Gasteiger partial charge < -0.3 is 4.90 Å². The number of rotatable bonds is 4. The number of anilines is 1. The number of alkyl halides is 1. The fourth-order valence-corrected chi connectivity index (χ4v) is 6.16. The lowest BCUT2D eigenvalue weighted by molar-refractivity contribution is 0.565. The number of aryl methyl sites for hydroxylation is 3. The monoisotopic (exact) mass is 484 g/mol. The van der Waals surface area contributed by atoms with Crippen LogP contribution in [-0.2, 0) is 6.42 Å². The largest absolute Gasteiger partial charge is 0.355 e. The molecule has 0 radical (unpaired) electrons. The van der Waals surface area contributed by atoms with E-state index in [0.29, 0.717) is 10.1 Å². The highest BCUT2D eigenvalue weighted by Crippen LogP contribution is 2.47. The van der Waals surface area contributed by atoms with Crippen LogP contribution in [0.5, 0.6) is 0 Å². The van der Waals surface area contributed by atoms with E-state index in [4.69, 9.17) is 4.98 Å². The van der Waals surface area contributed by atoms with Gasteiger partial charge in [-0.1, -0.05) is 72.3 Å². The number of para-hydroxylation sites is 1. The van der Waals surface area contributed by atoms with Crippen LogP contribution in [0.1, 0.15) is 48.9 Å². The quantitative estimate of drug-likeness (QED) is 0.222. The van der Waals surface area contributed by atoms with E-state index in [1.165, 1.54) is 57.4 Å². The van der Waals surface area contributed by atoms with Gasteiger partial charge >= 0.3 is 0 Å². The van der Waals surface area contributed by atoms with Crippen molar-refractivity contribution in [2.24, 2.45) is 0 Å². The van der Waals surface area contributed by atoms with E-state index in [-0.39, 0.29) is 0 Å². The van der Waals surface area contributed by atoms with Gasteiger partial charge in [0.05, 0.1) is 20.9 Å². The Morgan fingerprint density at radius 2 is 1.71 bits per heavy atom. The fraction of sp³-hybridized carbons (Fsp3) is 0.400. The van der Waals surface area contributed by atoms with Gasteiger partial charge in [0, 0.05) is 29.0 Å². The molecule has 1 unspecified atom stereocenters. The van der Waals surface area contributed by atoms with Crippen molar-refractivity contribution in [1.82, 2.24) is 4.98 Å². The molecule has 0 saturated heterocycles. The molecule has 4 rings (SSSR count). The summed E-state index contributed by atoms with van der Waals surface area (Å²) in [5.41, 5.74) is 10.5. The van der Waals surface area contributed by atoms with Gasteiger partial charge in [0.15, 0.2) is 0 Å². The zero-order valence-corrected chi connectivity index (χ0v) is 19.7. The SMILES string of the molecule is CCC(CC)N1c2c(c(-c3c(C)cc(C)cc3C)nc3ccccc23)CC1I. The van der Waals surface area contributed by atoms with Crippen molar-refractivity contribution in [2.45, 2.75) is 64.0 Å². The molecule has 0 fully saturated rings. The van der Waals surface area contributed by atoms with Crippen molar-refractivity contribution in [3.63, 3.8) is 0 Å². The number of hydrogen-bond acceptors (Lipinski definition) is 2. The molecule has 28 heavy (non-hydrogen) atoms. The minimum absolute atomic E-state index is 0.481. The molecule has 1 aromatic heterocycles. The average Bonchev–Trinajstić information content (AvgIpc) is 3.00. The summed E-state index contributed by atoms with van der Waals surface area (Å²) in [6, 6.07) is 13.8. The molecule has 0 aliphatic carbocycles. The minimum Gasteiger partial charge on any atom is -0.355 e. The summed E-state index contributed by atoms with van der Waals surface area (Å²) in [5, 5.41) is 1.30. The molecule has 1 atom stereocenters.